The molecule has 1 heterocycles. The van der Waals surface area contributed by atoms with Crippen LogP contribution in [0.25, 0.3) is 0 Å². The Balaban J connectivity index is 0.00000280. The van der Waals surface area contributed by atoms with E-state index in [1.54, 1.807) is 24.3 Å². The zero-order chi connectivity index (χ0) is 19.8. The number of benzene rings is 1. The maximum atomic E-state index is 12.7. The van der Waals surface area contributed by atoms with Crippen LogP contribution in [-0.4, -0.2) is 40.9 Å². The molecular formula is C20H28ClN3O4. The maximum absolute atomic E-state index is 12.7. The second-order valence-electron chi connectivity index (χ2n) is 7.87. The lowest BCUT2D eigenvalue weighted by Gasteiger charge is -2.57. The van der Waals surface area contributed by atoms with Crippen molar-refractivity contribution in [2.75, 3.05) is 11.9 Å². The number of rotatable bonds is 6. The highest BCUT2D eigenvalue weighted by atomic mass is 35.5. The molecule has 2 atom stereocenters. The average molecular weight is 410 g/mol. The number of carbonyl (C=O) groups is 3. The Morgan fingerprint density at radius 1 is 1.21 bits per heavy atom. The topological polar surface area (TPSA) is 102 Å². The van der Waals surface area contributed by atoms with Gasteiger partial charge in [-0.15, -0.1) is 12.4 Å². The normalized spacial score (nSPS) is 25.9. The first kappa shape index (κ1) is 22.3. The van der Waals surface area contributed by atoms with Gasteiger partial charge in [-0.3, -0.25) is 19.3 Å². The number of halogens is 1. The second-order valence-corrected chi connectivity index (χ2v) is 7.87. The first-order valence-electron chi connectivity index (χ1n) is 9.33. The SMILES string of the molecule is CCOC1CC(N)(C(=O)Nc2ccc(CN3C(=O)CCC3=O)cc2)C1(C)C.Cl. The van der Waals surface area contributed by atoms with Crippen molar-refractivity contribution in [1.29, 1.82) is 0 Å². The molecule has 3 rings (SSSR count). The summed E-state index contributed by atoms with van der Waals surface area (Å²) in [5.41, 5.74) is 6.41. The highest BCUT2D eigenvalue weighted by Crippen LogP contribution is 2.50. The number of hydrogen-bond donors (Lipinski definition) is 2. The zero-order valence-corrected chi connectivity index (χ0v) is 17.3. The highest BCUT2D eigenvalue weighted by molar-refractivity contribution is 6.02. The van der Waals surface area contributed by atoms with E-state index >= 15 is 0 Å². The van der Waals surface area contributed by atoms with E-state index < -0.39 is 11.0 Å². The number of ether oxygens (including phenoxy) is 1. The number of nitrogens with zero attached hydrogens (tertiary/aromatic N) is 1. The number of anilines is 1. The minimum absolute atomic E-state index is 0. The number of carbonyl (C=O) groups excluding carboxylic acids is 3. The van der Waals surface area contributed by atoms with Gasteiger partial charge in [0.1, 0.15) is 5.54 Å². The quantitative estimate of drug-likeness (QED) is 0.701. The Kier molecular flexibility index (Phi) is 6.53. The first-order chi connectivity index (χ1) is 12.7. The lowest BCUT2D eigenvalue weighted by molar-refractivity contribution is -0.166. The molecule has 0 spiro atoms. The van der Waals surface area contributed by atoms with Crippen LogP contribution in [0.2, 0.25) is 0 Å². The summed E-state index contributed by atoms with van der Waals surface area (Å²) in [6.45, 7) is 6.68. The minimum Gasteiger partial charge on any atom is -0.378 e. The van der Waals surface area contributed by atoms with Gasteiger partial charge in [-0.2, -0.15) is 0 Å². The molecule has 1 aromatic carbocycles. The molecule has 8 heteroatoms. The molecule has 1 aliphatic heterocycles. The fraction of sp³-hybridized carbons (Fsp3) is 0.550. The molecule has 3 N–H and O–H groups in total. The summed E-state index contributed by atoms with van der Waals surface area (Å²) < 4.78 is 5.67. The number of hydrogen-bond acceptors (Lipinski definition) is 5. The molecule has 1 aliphatic carbocycles. The Morgan fingerprint density at radius 2 is 1.79 bits per heavy atom. The summed E-state index contributed by atoms with van der Waals surface area (Å²) in [4.78, 5) is 37.4. The van der Waals surface area contributed by atoms with Crippen LogP contribution in [0.15, 0.2) is 24.3 Å². The fourth-order valence-electron chi connectivity index (χ4n) is 3.74. The maximum Gasteiger partial charge on any atom is 0.245 e. The van der Waals surface area contributed by atoms with Gasteiger partial charge in [0.15, 0.2) is 0 Å². The van der Waals surface area contributed by atoms with Gasteiger partial charge in [0, 0.05) is 37.0 Å². The third-order valence-corrected chi connectivity index (χ3v) is 5.94. The molecular weight excluding hydrogens is 382 g/mol. The molecule has 2 aliphatic rings. The molecule has 154 valence electrons. The summed E-state index contributed by atoms with van der Waals surface area (Å²) in [5, 5.41) is 2.87. The number of likely N-dealkylation sites (tertiary alicyclic amines) is 1. The molecule has 1 saturated heterocycles. The van der Waals surface area contributed by atoms with E-state index in [4.69, 9.17) is 10.5 Å². The minimum atomic E-state index is -0.986. The molecule has 0 radical (unpaired) electrons. The van der Waals surface area contributed by atoms with Crippen molar-refractivity contribution in [2.24, 2.45) is 11.1 Å². The average Bonchev–Trinajstić information content (AvgIpc) is 2.94. The largest absolute Gasteiger partial charge is 0.378 e. The standard InChI is InChI=1S/C20H27N3O4.ClH/c1-4-27-15-11-20(21,19(15,2)3)18(26)22-14-7-5-13(6-8-14)12-23-16(24)9-10-17(23)25;/h5-8,15H,4,9-12,21H2,1-3H3,(H,22,26);1H. The molecule has 7 nitrogen and oxygen atoms in total. The summed E-state index contributed by atoms with van der Waals surface area (Å²) in [7, 11) is 0. The van der Waals surface area contributed by atoms with E-state index in [1.165, 1.54) is 4.90 Å². The van der Waals surface area contributed by atoms with Crippen LogP contribution < -0.4 is 11.1 Å². The molecule has 2 fully saturated rings. The molecule has 0 bridgehead atoms. The van der Waals surface area contributed by atoms with Gasteiger partial charge >= 0.3 is 0 Å². The van der Waals surface area contributed by atoms with E-state index in [0.29, 0.717) is 18.7 Å². The molecule has 28 heavy (non-hydrogen) atoms. The smallest absolute Gasteiger partial charge is 0.245 e. The predicted octanol–water partition coefficient (Wildman–Crippen LogP) is 2.23. The van der Waals surface area contributed by atoms with Crippen LogP contribution in [0.1, 0.15) is 45.6 Å². The first-order valence-corrected chi connectivity index (χ1v) is 9.33. The molecule has 0 aromatic heterocycles. The van der Waals surface area contributed by atoms with Crippen LogP contribution in [0, 0.1) is 5.41 Å². The van der Waals surface area contributed by atoms with Gasteiger partial charge in [-0.1, -0.05) is 26.0 Å². The number of nitrogens with two attached hydrogens (primary N) is 1. The predicted molar refractivity (Wildman–Crippen MR) is 108 cm³/mol. The molecule has 1 aromatic rings. The summed E-state index contributed by atoms with van der Waals surface area (Å²) in [6.07, 6.45) is 1.02. The van der Waals surface area contributed by atoms with Crippen LogP contribution in [0.4, 0.5) is 5.69 Å². The fourth-order valence-corrected chi connectivity index (χ4v) is 3.74. The van der Waals surface area contributed by atoms with E-state index in [9.17, 15) is 14.4 Å². The highest BCUT2D eigenvalue weighted by Gasteiger charge is 2.62. The van der Waals surface area contributed by atoms with Crippen LogP contribution in [-0.2, 0) is 25.7 Å². The number of imide groups is 1. The van der Waals surface area contributed by atoms with Crippen molar-refractivity contribution < 1.29 is 19.1 Å². The summed E-state index contributed by atoms with van der Waals surface area (Å²) >= 11 is 0. The van der Waals surface area contributed by atoms with Crippen LogP contribution >= 0.6 is 12.4 Å². The summed E-state index contributed by atoms with van der Waals surface area (Å²) in [5.74, 6) is -0.516. The second kappa shape index (κ2) is 8.19. The van der Waals surface area contributed by atoms with Gasteiger partial charge in [-0.05, 0) is 24.6 Å². The lowest BCUT2D eigenvalue weighted by Crippen LogP contribution is -2.74. The van der Waals surface area contributed by atoms with Gasteiger partial charge in [0.2, 0.25) is 17.7 Å². The Morgan fingerprint density at radius 3 is 2.29 bits per heavy atom. The van der Waals surface area contributed by atoms with Crippen molar-refractivity contribution in [3.8, 4) is 0 Å². The van der Waals surface area contributed by atoms with Gasteiger partial charge < -0.3 is 15.8 Å². The Labute approximate surface area is 171 Å². The van der Waals surface area contributed by atoms with Gasteiger partial charge in [-0.25, -0.2) is 0 Å². The van der Waals surface area contributed by atoms with E-state index in [-0.39, 0.29) is 55.6 Å². The monoisotopic (exact) mass is 409 g/mol. The third kappa shape index (κ3) is 3.79. The van der Waals surface area contributed by atoms with Crippen LogP contribution in [0.3, 0.4) is 0 Å². The van der Waals surface area contributed by atoms with Crippen molar-refractivity contribution in [2.45, 2.75) is 58.2 Å². The molecule has 1 saturated carbocycles. The summed E-state index contributed by atoms with van der Waals surface area (Å²) in [6, 6.07) is 7.11. The van der Waals surface area contributed by atoms with Crippen molar-refractivity contribution in [3.05, 3.63) is 29.8 Å². The Hall–Kier alpha value is -1.96. The van der Waals surface area contributed by atoms with Crippen molar-refractivity contribution in [1.82, 2.24) is 4.90 Å². The zero-order valence-electron chi connectivity index (χ0n) is 16.5. The van der Waals surface area contributed by atoms with Gasteiger partial charge in [0.25, 0.3) is 0 Å². The number of amides is 3. The van der Waals surface area contributed by atoms with Crippen LogP contribution in [0.5, 0.6) is 0 Å². The van der Waals surface area contributed by atoms with E-state index in [0.717, 1.165) is 5.56 Å². The van der Waals surface area contributed by atoms with E-state index in [1.807, 2.05) is 20.8 Å². The Bertz CT molecular complexity index is 749. The van der Waals surface area contributed by atoms with Crippen molar-refractivity contribution in [3.63, 3.8) is 0 Å². The van der Waals surface area contributed by atoms with Gasteiger partial charge in [0.05, 0.1) is 12.6 Å². The number of nitrogens with one attached hydrogen (secondary N) is 1. The lowest BCUT2D eigenvalue weighted by atomic mass is 9.54. The molecule has 3 amide bonds. The van der Waals surface area contributed by atoms with Crippen molar-refractivity contribution >= 4 is 35.8 Å². The third-order valence-electron chi connectivity index (χ3n) is 5.94. The van der Waals surface area contributed by atoms with E-state index in [2.05, 4.69) is 5.32 Å². The molecule has 2 unspecified atom stereocenters.